The standard InChI is InChI=1S/C20H19NO3/c1-4-24-19-13-17(23-3)9-10-18(19)20(2,22)12-11-15-5-7-16(14-21)8-6-15/h5-10,13,22H,4H2,1-3H3. The maximum atomic E-state index is 10.8. The van der Waals surface area contributed by atoms with Gasteiger partial charge in [-0.2, -0.15) is 5.26 Å². The summed E-state index contributed by atoms with van der Waals surface area (Å²) in [7, 11) is 1.58. The van der Waals surface area contributed by atoms with E-state index in [1.54, 1.807) is 56.5 Å². The van der Waals surface area contributed by atoms with Gasteiger partial charge in [0.25, 0.3) is 0 Å². The number of nitriles is 1. The van der Waals surface area contributed by atoms with Crippen LogP contribution < -0.4 is 9.47 Å². The highest BCUT2D eigenvalue weighted by atomic mass is 16.5. The molecule has 2 rings (SSSR count). The average Bonchev–Trinajstić information content (AvgIpc) is 2.60. The third kappa shape index (κ3) is 4.07. The zero-order valence-electron chi connectivity index (χ0n) is 14.0. The van der Waals surface area contributed by atoms with E-state index in [1.165, 1.54) is 0 Å². The van der Waals surface area contributed by atoms with Crippen molar-refractivity contribution in [3.05, 3.63) is 59.2 Å². The summed E-state index contributed by atoms with van der Waals surface area (Å²) in [5.74, 6) is 6.99. The molecule has 0 radical (unpaired) electrons. The molecular formula is C20H19NO3. The number of rotatable bonds is 4. The van der Waals surface area contributed by atoms with Crippen LogP contribution in [0.2, 0.25) is 0 Å². The summed E-state index contributed by atoms with van der Waals surface area (Å²) >= 11 is 0. The highest BCUT2D eigenvalue weighted by Gasteiger charge is 2.25. The van der Waals surface area contributed by atoms with E-state index in [-0.39, 0.29) is 0 Å². The minimum absolute atomic E-state index is 0.472. The number of benzene rings is 2. The van der Waals surface area contributed by atoms with Crippen molar-refractivity contribution < 1.29 is 14.6 Å². The maximum Gasteiger partial charge on any atom is 0.152 e. The van der Waals surface area contributed by atoms with E-state index >= 15 is 0 Å². The Kier molecular flexibility index (Phi) is 5.47. The van der Waals surface area contributed by atoms with Crippen LogP contribution in [0, 0.1) is 23.2 Å². The van der Waals surface area contributed by atoms with Gasteiger partial charge in [0.05, 0.1) is 25.3 Å². The maximum absolute atomic E-state index is 10.8. The second-order valence-corrected chi connectivity index (χ2v) is 5.31. The fourth-order valence-corrected chi connectivity index (χ4v) is 2.20. The van der Waals surface area contributed by atoms with Crippen LogP contribution in [0.15, 0.2) is 42.5 Å². The van der Waals surface area contributed by atoms with Crippen LogP contribution in [0.3, 0.4) is 0 Å². The fraction of sp³-hybridized carbons (Fsp3) is 0.250. The van der Waals surface area contributed by atoms with Gasteiger partial charge < -0.3 is 14.6 Å². The largest absolute Gasteiger partial charge is 0.497 e. The van der Waals surface area contributed by atoms with Crippen LogP contribution >= 0.6 is 0 Å². The van der Waals surface area contributed by atoms with Gasteiger partial charge in [0.2, 0.25) is 0 Å². The Bertz CT molecular complexity index is 806. The molecular weight excluding hydrogens is 302 g/mol. The Morgan fingerprint density at radius 2 is 1.79 bits per heavy atom. The summed E-state index contributed by atoms with van der Waals surface area (Å²) in [4.78, 5) is 0. The van der Waals surface area contributed by atoms with Crippen LogP contribution in [0.4, 0.5) is 0 Å². The molecule has 0 aliphatic heterocycles. The molecule has 1 unspecified atom stereocenters. The lowest BCUT2D eigenvalue weighted by Crippen LogP contribution is -2.20. The predicted molar refractivity (Wildman–Crippen MR) is 91.8 cm³/mol. The first kappa shape index (κ1) is 17.4. The van der Waals surface area contributed by atoms with Crippen LogP contribution in [-0.4, -0.2) is 18.8 Å². The summed E-state index contributed by atoms with van der Waals surface area (Å²) in [6.07, 6.45) is 0. The molecule has 0 fully saturated rings. The Morgan fingerprint density at radius 1 is 1.12 bits per heavy atom. The molecule has 2 aromatic carbocycles. The predicted octanol–water partition coefficient (Wildman–Crippen LogP) is 3.22. The summed E-state index contributed by atoms with van der Waals surface area (Å²) in [6.45, 7) is 3.97. The molecule has 122 valence electrons. The highest BCUT2D eigenvalue weighted by molar-refractivity contribution is 5.49. The first-order valence-electron chi connectivity index (χ1n) is 7.57. The first-order valence-corrected chi connectivity index (χ1v) is 7.57. The summed E-state index contributed by atoms with van der Waals surface area (Å²) in [5.41, 5.74) is 0.484. The van der Waals surface area contributed by atoms with E-state index in [1.807, 2.05) is 6.92 Å². The molecule has 4 nitrogen and oxygen atoms in total. The van der Waals surface area contributed by atoms with E-state index in [0.717, 1.165) is 5.56 Å². The second kappa shape index (κ2) is 7.55. The van der Waals surface area contributed by atoms with Gasteiger partial charge in [-0.05, 0) is 50.2 Å². The van der Waals surface area contributed by atoms with E-state index in [0.29, 0.717) is 29.2 Å². The molecule has 0 saturated heterocycles. The molecule has 2 aromatic rings. The monoisotopic (exact) mass is 321 g/mol. The van der Waals surface area contributed by atoms with Gasteiger partial charge >= 0.3 is 0 Å². The SMILES string of the molecule is CCOc1cc(OC)ccc1C(C)(O)C#Cc1ccc(C#N)cc1. The molecule has 0 bridgehead atoms. The van der Waals surface area contributed by atoms with Gasteiger partial charge in [-0.15, -0.1) is 0 Å². The molecule has 0 saturated carbocycles. The zero-order valence-corrected chi connectivity index (χ0v) is 14.0. The van der Waals surface area contributed by atoms with Crippen molar-refractivity contribution in [2.75, 3.05) is 13.7 Å². The molecule has 0 amide bonds. The first-order chi connectivity index (χ1) is 11.5. The summed E-state index contributed by atoms with van der Waals surface area (Å²) in [6, 6.07) is 14.2. The van der Waals surface area contributed by atoms with Crippen molar-refractivity contribution in [2.45, 2.75) is 19.4 Å². The number of methoxy groups -OCH3 is 1. The Balaban J connectivity index is 2.36. The van der Waals surface area contributed by atoms with E-state index in [2.05, 4.69) is 17.9 Å². The van der Waals surface area contributed by atoms with Gasteiger partial charge in [0, 0.05) is 17.2 Å². The van der Waals surface area contributed by atoms with Gasteiger partial charge in [0.1, 0.15) is 11.5 Å². The second-order valence-electron chi connectivity index (χ2n) is 5.31. The summed E-state index contributed by atoms with van der Waals surface area (Å²) < 4.78 is 10.8. The molecule has 1 atom stereocenters. The number of aliphatic hydroxyl groups is 1. The van der Waals surface area contributed by atoms with Gasteiger partial charge in [0.15, 0.2) is 5.60 Å². The van der Waals surface area contributed by atoms with Gasteiger partial charge in [-0.3, -0.25) is 0 Å². The van der Waals surface area contributed by atoms with Crippen molar-refractivity contribution in [1.29, 1.82) is 5.26 Å². The van der Waals surface area contributed by atoms with Crippen molar-refractivity contribution in [1.82, 2.24) is 0 Å². The van der Waals surface area contributed by atoms with E-state index in [4.69, 9.17) is 14.7 Å². The third-order valence-electron chi connectivity index (χ3n) is 3.48. The lowest BCUT2D eigenvalue weighted by atomic mass is 9.95. The molecule has 0 aliphatic carbocycles. The van der Waals surface area contributed by atoms with Crippen LogP contribution in [-0.2, 0) is 5.60 Å². The van der Waals surface area contributed by atoms with E-state index in [9.17, 15) is 5.11 Å². The number of nitrogens with zero attached hydrogens (tertiary/aromatic N) is 1. The zero-order chi connectivity index (χ0) is 17.6. The van der Waals surface area contributed by atoms with Crippen molar-refractivity contribution >= 4 is 0 Å². The van der Waals surface area contributed by atoms with Crippen molar-refractivity contribution in [3.63, 3.8) is 0 Å². The van der Waals surface area contributed by atoms with Crippen molar-refractivity contribution in [3.8, 4) is 29.4 Å². The quantitative estimate of drug-likeness (QED) is 0.878. The number of ether oxygens (including phenoxy) is 2. The van der Waals surface area contributed by atoms with Crippen LogP contribution in [0.1, 0.15) is 30.5 Å². The minimum atomic E-state index is -1.38. The van der Waals surface area contributed by atoms with Crippen LogP contribution in [0.25, 0.3) is 0 Å². The molecule has 0 spiro atoms. The normalized spacial score (nSPS) is 12.3. The molecule has 4 heteroatoms. The Hall–Kier alpha value is -2.95. The molecule has 24 heavy (non-hydrogen) atoms. The van der Waals surface area contributed by atoms with Crippen molar-refractivity contribution in [2.24, 2.45) is 0 Å². The third-order valence-corrected chi connectivity index (χ3v) is 3.48. The highest BCUT2D eigenvalue weighted by Crippen LogP contribution is 2.33. The topological polar surface area (TPSA) is 62.5 Å². The average molecular weight is 321 g/mol. The van der Waals surface area contributed by atoms with E-state index < -0.39 is 5.60 Å². The Labute approximate surface area is 142 Å². The van der Waals surface area contributed by atoms with Gasteiger partial charge in [-0.25, -0.2) is 0 Å². The number of hydrogen-bond donors (Lipinski definition) is 1. The molecule has 1 N–H and O–H groups in total. The molecule has 0 aliphatic rings. The molecule has 0 heterocycles. The fourth-order valence-electron chi connectivity index (χ4n) is 2.20. The lowest BCUT2D eigenvalue weighted by molar-refractivity contribution is 0.117. The molecule has 0 aromatic heterocycles. The number of hydrogen-bond acceptors (Lipinski definition) is 4. The summed E-state index contributed by atoms with van der Waals surface area (Å²) in [5, 5.41) is 19.6. The minimum Gasteiger partial charge on any atom is -0.497 e. The van der Waals surface area contributed by atoms with Gasteiger partial charge in [-0.1, -0.05) is 11.8 Å². The van der Waals surface area contributed by atoms with Crippen LogP contribution in [0.5, 0.6) is 11.5 Å². The Morgan fingerprint density at radius 3 is 2.38 bits per heavy atom. The lowest BCUT2D eigenvalue weighted by Gasteiger charge is -2.21. The smallest absolute Gasteiger partial charge is 0.152 e.